The number of sulfone groups is 1. The molecule has 202 valence electrons. The highest BCUT2D eigenvalue weighted by molar-refractivity contribution is 7.92. The second kappa shape index (κ2) is 8.25. The van der Waals surface area contributed by atoms with E-state index >= 15 is 0 Å². The minimum Gasteiger partial charge on any atom is -0.296 e. The summed E-state index contributed by atoms with van der Waals surface area (Å²) in [6.07, 6.45) is 7.09. The number of hydrogen-bond donors (Lipinski definition) is 1. The van der Waals surface area contributed by atoms with E-state index < -0.39 is 26.9 Å². The first-order valence-electron chi connectivity index (χ1n) is 13.0. The fourth-order valence-electron chi connectivity index (χ4n) is 7.08. The summed E-state index contributed by atoms with van der Waals surface area (Å²) < 4.78 is 52.1. The Balaban J connectivity index is 1.21. The van der Waals surface area contributed by atoms with Crippen LogP contribution in [0.15, 0.2) is 48.9 Å². The predicted octanol–water partition coefficient (Wildman–Crippen LogP) is 3.47. The van der Waals surface area contributed by atoms with Gasteiger partial charge >= 0.3 is 0 Å². The summed E-state index contributed by atoms with van der Waals surface area (Å²) in [6.45, 7) is 4.96. The minimum absolute atomic E-state index is 0.0887. The summed E-state index contributed by atoms with van der Waals surface area (Å²) in [6, 6.07) is 7.49. The number of fused-ring (bicyclic) bond motifs is 5. The summed E-state index contributed by atoms with van der Waals surface area (Å²) in [5.41, 5.74) is 5.00. The number of hydrazine groups is 2. The molecule has 0 amide bonds. The van der Waals surface area contributed by atoms with Crippen molar-refractivity contribution in [3.63, 3.8) is 0 Å². The van der Waals surface area contributed by atoms with Crippen molar-refractivity contribution in [1.82, 2.24) is 30.7 Å². The number of hydrogen-bond acceptors (Lipinski definition) is 9. The van der Waals surface area contributed by atoms with Crippen molar-refractivity contribution in [2.45, 2.75) is 38.0 Å². The van der Waals surface area contributed by atoms with Crippen LogP contribution in [0.2, 0.25) is 0 Å². The van der Waals surface area contributed by atoms with E-state index in [-0.39, 0.29) is 40.0 Å². The van der Waals surface area contributed by atoms with Gasteiger partial charge in [0.05, 0.1) is 39.6 Å². The molecular formula is C27H27F2N7O2S. The van der Waals surface area contributed by atoms with Gasteiger partial charge in [0, 0.05) is 31.1 Å². The average molecular weight is 552 g/mol. The first-order chi connectivity index (χ1) is 18.6. The van der Waals surface area contributed by atoms with E-state index in [0.29, 0.717) is 12.5 Å². The highest BCUT2D eigenvalue weighted by Crippen LogP contribution is 2.69. The zero-order chi connectivity index (χ0) is 27.2. The molecular weight excluding hydrogens is 524 g/mol. The van der Waals surface area contributed by atoms with Crippen molar-refractivity contribution >= 4 is 15.8 Å². The molecule has 0 radical (unpaired) electrons. The molecule has 2 aliphatic heterocycles. The van der Waals surface area contributed by atoms with Crippen LogP contribution in [0, 0.1) is 23.0 Å². The molecule has 1 N–H and O–H groups in total. The molecule has 2 atom stereocenters. The van der Waals surface area contributed by atoms with Gasteiger partial charge in [-0.15, -0.1) is 10.6 Å². The monoisotopic (exact) mass is 551 g/mol. The summed E-state index contributed by atoms with van der Waals surface area (Å²) >= 11 is 0. The number of aromatic nitrogens is 4. The van der Waals surface area contributed by atoms with Gasteiger partial charge in [-0.3, -0.25) is 5.01 Å². The molecule has 2 aromatic heterocycles. The lowest BCUT2D eigenvalue weighted by atomic mass is 9.66. The van der Waals surface area contributed by atoms with Crippen LogP contribution < -0.4 is 10.5 Å². The van der Waals surface area contributed by atoms with E-state index in [1.54, 1.807) is 17.3 Å². The van der Waals surface area contributed by atoms with Crippen LogP contribution in [0.4, 0.5) is 14.7 Å². The molecule has 0 unspecified atom stereocenters. The second-order valence-electron chi connectivity index (χ2n) is 11.5. The molecule has 2 aliphatic carbocycles. The maximum absolute atomic E-state index is 14.5. The molecule has 4 aliphatic rings. The molecule has 39 heavy (non-hydrogen) atoms. The van der Waals surface area contributed by atoms with E-state index in [9.17, 15) is 17.2 Å². The maximum atomic E-state index is 14.5. The van der Waals surface area contributed by atoms with Crippen molar-refractivity contribution < 1.29 is 17.2 Å². The fourth-order valence-corrected chi connectivity index (χ4v) is 8.63. The summed E-state index contributed by atoms with van der Waals surface area (Å²) in [5.74, 6) is -0.250. The third kappa shape index (κ3) is 3.53. The number of nitrogens with one attached hydrogen (secondary N) is 1. The largest absolute Gasteiger partial charge is 0.296 e. The summed E-state index contributed by atoms with van der Waals surface area (Å²) in [4.78, 5) is 9.45. The smallest absolute Gasteiger partial charge is 0.246 e. The maximum Gasteiger partial charge on any atom is 0.246 e. The van der Waals surface area contributed by atoms with Gasteiger partial charge in [-0.2, -0.15) is 5.10 Å². The number of halogens is 2. The minimum atomic E-state index is -2.88. The molecule has 1 saturated carbocycles. The van der Waals surface area contributed by atoms with Crippen molar-refractivity contribution in [3.05, 3.63) is 77.5 Å². The van der Waals surface area contributed by atoms with Gasteiger partial charge in [0.1, 0.15) is 11.6 Å². The van der Waals surface area contributed by atoms with Gasteiger partial charge in [-0.25, -0.2) is 32.2 Å². The van der Waals surface area contributed by atoms with Crippen LogP contribution in [0.1, 0.15) is 49.6 Å². The standard InChI is InChI=1S/C27H27F2N7O2S/c1-26(2)18-6-8-27(26,24-17(18)12-21(32-33-24)23-19(28)4-3-5-20(23)29)22-7-9-30-25(31-22)36-11-10-35(34-36)13-16-14-39(37,38)15-16/h3-5,7,9-12,16,18,34H,6,8,13-15H2,1-2H3/t18-,27-/m0/s1. The van der Waals surface area contributed by atoms with Crippen LogP contribution in [-0.2, 0) is 15.3 Å². The van der Waals surface area contributed by atoms with Crippen molar-refractivity contribution in [3.8, 4) is 11.3 Å². The zero-order valence-corrected chi connectivity index (χ0v) is 22.3. The lowest BCUT2D eigenvalue weighted by molar-refractivity contribution is 0.241. The number of nitrogens with zero attached hydrogens (tertiary/aromatic N) is 6. The van der Waals surface area contributed by atoms with Crippen LogP contribution in [0.5, 0.6) is 0 Å². The molecule has 7 rings (SSSR count). The van der Waals surface area contributed by atoms with E-state index in [1.807, 2.05) is 23.5 Å². The van der Waals surface area contributed by atoms with Crippen molar-refractivity contribution in [2.24, 2.45) is 11.3 Å². The molecule has 4 heterocycles. The third-order valence-electron chi connectivity index (χ3n) is 8.96. The topological polar surface area (TPSA) is 104 Å². The van der Waals surface area contributed by atoms with Crippen LogP contribution >= 0.6 is 0 Å². The Kier molecular flexibility index (Phi) is 5.19. The Hall–Kier alpha value is -3.51. The predicted molar refractivity (Wildman–Crippen MR) is 140 cm³/mol. The first kappa shape index (κ1) is 24.5. The van der Waals surface area contributed by atoms with E-state index in [4.69, 9.17) is 4.98 Å². The highest BCUT2D eigenvalue weighted by atomic mass is 32.2. The Labute approximate surface area is 224 Å². The van der Waals surface area contributed by atoms with Gasteiger partial charge in [0.25, 0.3) is 0 Å². The molecule has 9 nitrogen and oxygen atoms in total. The van der Waals surface area contributed by atoms with Gasteiger partial charge < -0.3 is 0 Å². The van der Waals surface area contributed by atoms with Gasteiger partial charge in [-0.05, 0) is 54.0 Å². The summed E-state index contributed by atoms with van der Waals surface area (Å²) in [7, 11) is -2.88. The van der Waals surface area contributed by atoms with Crippen LogP contribution in [0.25, 0.3) is 11.3 Å². The molecule has 1 aromatic carbocycles. The normalized spacial score (nSPS) is 26.2. The highest BCUT2D eigenvalue weighted by Gasteiger charge is 2.65. The van der Waals surface area contributed by atoms with Crippen molar-refractivity contribution in [2.75, 3.05) is 23.1 Å². The van der Waals surface area contributed by atoms with E-state index in [1.165, 1.54) is 18.2 Å². The van der Waals surface area contributed by atoms with Crippen LogP contribution in [0.3, 0.4) is 0 Å². The Bertz CT molecular complexity index is 1610. The van der Waals surface area contributed by atoms with Crippen LogP contribution in [-0.4, -0.2) is 51.6 Å². The van der Waals surface area contributed by atoms with Gasteiger partial charge in [-0.1, -0.05) is 19.9 Å². The SMILES string of the molecule is CC1(C)[C@H]2CC[C@]1(c1ccnc(N3C=CN(CC4CS(=O)(=O)C4)N3)n1)c1nnc(-c3c(F)cccc3F)cc12. The number of rotatable bonds is 5. The first-order valence-corrected chi connectivity index (χ1v) is 14.8. The number of benzene rings is 1. The zero-order valence-electron chi connectivity index (χ0n) is 21.5. The Morgan fingerprint density at radius 2 is 1.87 bits per heavy atom. The quantitative estimate of drug-likeness (QED) is 0.510. The molecule has 12 heteroatoms. The molecule has 1 saturated heterocycles. The van der Waals surface area contributed by atoms with Gasteiger partial charge in [0.2, 0.25) is 5.95 Å². The second-order valence-corrected chi connectivity index (χ2v) is 13.6. The van der Waals surface area contributed by atoms with Crippen molar-refractivity contribution in [1.29, 1.82) is 0 Å². The lowest BCUT2D eigenvalue weighted by Gasteiger charge is -2.37. The molecule has 3 aromatic rings. The van der Waals surface area contributed by atoms with E-state index in [0.717, 1.165) is 29.8 Å². The summed E-state index contributed by atoms with van der Waals surface area (Å²) in [5, 5.41) is 12.4. The Morgan fingerprint density at radius 1 is 1.10 bits per heavy atom. The average Bonchev–Trinajstić information content (AvgIpc) is 3.50. The lowest BCUT2D eigenvalue weighted by Crippen LogP contribution is -2.48. The van der Waals surface area contributed by atoms with E-state index in [2.05, 4.69) is 34.6 Å². The van der Waals surface area contributed by atoms with Gasteiger partial charge in [0.15, 0.2) is 9.84 Å². The molecule has 0 spiro atoms. The molecule has 2 fully saturated rings. The molecule has 2 bridgehead atoms. The number of anilines is 1. The Morgan fingerprint density at radius 3 is 2.62 bits per heavy atom. The fraction of sp³-hybridized carbons (Fsp3) is 0.407. The third-order valence-corrected chi connectivity index (χ3v) is 10.9.